The summed E-state index contributed by atoms with van der Waals surface area (Å²) >= 11 is 13.8. The van der Waals surface area contributed by atoms with Crippen molar-refractivity contribution in [1.82, 2.24) is 4.90 Å². The zero-order valence-corrected chi connectivity index (χ0v) is 10.9. The molecule has 5 heteroatoms. The number of halogens is 2. The molecule has 1 aromatic carbocycles. The van der Waals surface area contributed by atoms with Gasteiger partial charge in [-0.15, -0.1) is 11.8 Å². The lowest BCUT2D eigenvalue weighted by Gasteiger charge is -2.19. The number of hydrogen-bond donors (Lipinski definition) is 0. The van der Waals surface area contributed by atoms with Gasteiger partial charge in [-0.25, -0.2) is 0 Å². The van der Waals surface area contributed by atoms with E-state index in [1.165, 1.54) is 0 Å². The van der Waals surface area contributed by atoms with E-state index < -0.39 is 0 Å². The number of carbonyl (C=O) groups excluding carboxylic acids is 1. The number of thioether (sulfide) groups is 1. The van der Waals surface area contributed by atoms with Gasteiger partial charge >= 0.3 is 0 Å². The van der Waals surface area contributed by atoms with E-state index in [2.05, 4.69) is 4.90 Å². The quantitative estimate of drug-likeness (QED) is 0.791. The minimum atomic E-state index is 0.0000447. The Morgan fingerprint density at radius 1 is 1.50 bits per heavy atom. The molecule has 1 atom stereocenters. The highest BCUT2D eigenvalue weighted by molar-refractivity contribution is 7.99. The van der Waals surface area contributed by atoms with Gasteiger partial charge in [0.15, 0.2) is 0 Å². The Bertz CT molecular complexity index is 400. The summed E-state index contributed by atoms with van der Waals surface area (Å²) < 4.78 is 0. The first-order chi connectivity index (χ1) is 7.70. The van der Waals surface area contributed by atoms with Crippen molar-refractivity contribution in [3.05, 3.63) is 33.8 Å². The summed E-state index contributed by atoms with van der Waals surface area (Å²) in [6.45, 7) is 0.676. The van der Waals surface area contributed by atoms with Gasteiger partial charge in [0.1, 0.15) is 6.29 Å². The number of carbonyl (C=O) groups is 1. The fourth-order valence-corrected chi connectivity index (χ4v) is 3.19. The van der Waals surface area contributed by atoms with Gasteiger partial charge in [0.2, 0.25) is 0 Å². The van der Waals surface area contributed by atoms with Crippen LogP contribution in [0.4, 0.5) is 0 Å². The standard InChI is InChI=1S/C11H11Cl2NOS/c12-9-1-2-11(13)8(3-9)4-14-7-16-6-10(14)5-15/h1-3,5,10H,4,6-7H2. The predicted molar refractivity (Wildman–Crippen MR) is 69.2 cm³/mol. The van der Waals surface area contributed by atoms with Gasteiger partial charge in [0.25, 0.3) is 0 Å². The molecule has 1 saturated heterocycles. The summed E-state index contributed by atoms with van der Waals surface area (Å²) in [6, 6.07) is 5.41. The summed E-state index contributed by atoms with van der Waals surface area (Å²) in [6.07, 6.45) is 0.998. The van der Waals surface area contributed by atoms with Crippen molar-refractivity contribution in [1.29, 1.82) is 0 Å². The second-order valence-electron chi connectivity index (χ2n) is 3.69. The second-order valence-corrected chi connectivity index (χ2v) is 5.53. The molecule has 2 nitrogen and oxygen atoms in total. The number of benzene rings is 1. The van der Waals surface area contributed by atoms with E-state index in [1.54, 1.807) is 23.9 Å². The predicted octanol–water partition coefficient (Wildman–Crippen LogP) is 3.07. The molecule has 1 aromatic rings. The molecule has 1 heterocycles. The van der Waals surface area contributed by atoms with Crippen LogP contribution in [0.25, 0.3) is 0 Å². The highest BCUT2D eigenvalue weighted by Gasteiger charge is 2.24. The van der Waals surface area contributed by atoms with Gasteiger partial charge in [-0.05, 0) is 23.8 Å². The van der Waals surface area contributed by atoms with Gasteiger partial charge in [-0.3, -0.25) is 4.90 Å². The van der Waals surface area contributed by atoms with Gasteiger partial charge in [-0.1, -0.05) is 23.2 Å². The summed E-state index contributed by atoms with van der Waals surface area (Å²) in [5.41, 5.74) is 0.975. The van der Waals surface area contributed by atoms with E-state index in [0.717, 1.165) is 23.5 Å². The Hall–Kier alpha value is -0.220. The fraction of sp³-hybridized carbons (Fsp3) is 0.364. The van der Waals surface area contributed by atoms with Crippen molar-refractivity contribution in [2.45, 2.75) is 12.6 Å². The Morgan fingerprint density at radius 2 is 2.31 bits per heavy atom. The molecule has 0 bridgehead atoms. The van der Waals surface area contributed by atoms with Gasteiger partial charge in [0.05, 0.1) is 6.04 Å². The monoisotopic (exact) mass is 275 g/mol. The van der Waals surface area contributed by atoms with Crippen molar-refractivity contribution in [3.63, 3.8) is 0 Å². The SMILES string of the molecule is O=CC1CSCN1Cc1cc(Cl)ccc1Cl. The largest absolute Gasteiger partial charge is 0.302 e. The zero-order chi connectivity index (χ0) is 11.5. The molecular formula is C11H11Cl2NOS. The van der Waals surface area contributed by atoms with Crippen molar-refractivity contribution in [2.75, 3.05) is 11.6 Å². The van der Waals surface area contributed by atoms with Crippen LogP contribution in [0.15, 0.2) is 18.2 Å². The molecule has 0 spiro atoms. The second kappa shape index (κ2) is 5.41. The normalized spacial score (nSPS) is 21.2. The molecule has 0 saturated carbocycles. The van der Waals surface area contributed by atoms with Crippen LogP contribution < -0.4 is 0 Å². The molecule has 0 radical (unpaired) electrons. The molecule has 86 valence electrons. The summed E-state index contributed by atoms with van der Waals surface area (Å²) in [5, 5.41) is 1.37. The summed E-state index contributed by atoms with van der Waals surface area (Å²) in [5.74, 6) is 1.73. The lowest BCUT2D eigenvalue weighted by Crippen LogP contribution is -2.31. The average Bonchev–Trinajstić information content (AvgIpc) is 2.71. The van der Waals surface area contributed by atoms with Crippen molar-refractivity contribution in [3.8, 4) is 0 Å². The summed E-state index contributed by atoms with van der Waals surface area (Å²) in [7, 11) is 0. The fourth-order valence-electron chi connectivity index (χ4n) is 1.66. The van der Waals surface area contributed by atoms with Crippen LogP contribution in [-0.4, -0.2) is 28.9 Å². The maximum Gasteiger partial charge on any atom is 0.138 e. The Labute approximate surface area is 109 Å². The average molecular weight is 276 g/mol. The molecule has 0 N–H and O–H groups in total. The molecule has 1 fully saturated rings. The van der Waals surface area contributed by atoms with Crippen LogP contribution >= 0.6 is 35.0 Å². The third-order valence-corrected chi connectivity index (χ3v) is 4.25. The molecule has 2 rings (SSSR count). The van der Waals surface area contributed by atoms with Crippen LogP contribution in [0.2, 0.25) is 10.0 Å². The zero-order valence-electron chi connectivity index (χ0n) is 8.53. The van der Waals surface area contributed by atoms with Crippen LogP contribution in [0, 0.1) is 0 Å². The van der Waals surface area contributed by atoms with E-state index in [-0.39, 0.29) is 6.04 Å². The van der Waals surface area contributed by atoms with E-state index in [1.807, 2.05) is 6.07 Å². The first-order valence-electron chi connectivity index (χ1n) is 4.91. The minimum Gasteiger partial charge on any atom is -0.302 e. The lowest BCUT2D eigenvalue weighted by molar-refractivity contribution is -0.111. The van der Waals surface area contributed by atoms with Crippen molar-refractivity contribution >= 4 is 41.2 Å². The van der Waals surface area contributed by atoms with E-state index in [9.17, 15) is 4.79 Å². The van der Waals surface area contributed by atoms with E-state index in [4.69, 9.17) is 23.2 Å². The third kappa shape index (κ3) is 2.72. The molecule has 0 aliphatic carbocycles. The highest BCUT2D eigenvalue weighted by atomic mass is 35.5. The van der Waals surface area contributed by atoms with Crippen molar-refractivity contribution < 1.29 is 4.79 Å². The van der Waals surface area contributed by atoms with Gasteiger partial charge in [0, 0.05) is 28.2 Å². The van der Waals surface area contributed by atoms with Crippen LogP contribution in [0.1, 0.15) is 5.56 Å². The molecule has 1 aliphatic rings. The maximum atomic E-state index is 10.8. The van der Waals surface area contributed by atoms with Crippen LogP contribution in [0.5, 0.6) is 0 Å². The molecule has 1 aliphatic heterocycles. The number of hydrogen-bond acceptors (Lipinski definition) is 3. The maximum absolute atomic E-state index is 10.8. The topological polar surface area (TPSA) is 20.3 Å². The Morgan fingerprint density at radius 3 is 3.06 bits per heavy atom. The molecule has 16 heavy (non-hydrogen) atoms. The summed E-state index contributed by atoms with van der Waals surface area (Å²) in [4.78, 5) is 13.0. The first kappa shape index (κ1) is 12.2. The number of aldehydes is 1. The Balaban J connectivity index is 2.13. The third-order valence-electron chi connectivity index (χ3n) is 2.55. The molecular weight excluding hydrogens is 265 g/mol. The molecule has 1 unspecified atom stereocenters. The highest BCUT2D eigenvalue weighted by Crippen LogP contribution is 2.26. The van der Waals surface area contributed by atoms with Gasteiger partial charge < -0.3 is 4.79 Å². The van der Waals surface area contributed by atoms with Gasteiger partial charge in [-0.2, -0.15) is 0 Å². The van der Waals surface area contributed by atoms with Crippen molar-refractivity contribution in [2.24, 2.45) is 0 Å². The number of rotatable bonds is 3. The Kier molecular flexibility index (Phi) is 4.14. The van der Waals surface area contributed by atoms with E-state index >= 15 is 0 Å². The molecule has 0 amide bonds. The van der Waals surface area contributed by atoms with Crippen LogP contribution in [0.3, 0.4) is 0 Å². The molecule has 0 aromatic heterocycles. The van der Waals surface area contributed by atoms with E-state index in [0.29, 0.717) is 16.6 Å². The number of nitrogens with zero attached hydrogens (tertiary/aromatic N) is 1. The first-order valence-corrected chi connectivity index (χ1v) is 6.83. The minimum absolute atomic E-state index is 0.0000447. The lowest BCUT2D eigenvalue weighted by atomic mass is 10.2. The smallest absolute Gasteiger partial charge is 0.138 e. The van der Waals surface area contributed by atoms with Crippen LogP contribution in [-0.2, 0) is 11.3 Å².